The predicted molar refractivity (Wildman–Crippen MR) is 85.8 cm³/mol. The van der Waals surface area contributed by atoms with Crippen LogP contribution < -0.4 is 5.32 Å². The molecular weight excluding hydrogens is 308 g/mol. The Balaban J connectivity index is 2.01. The van der Waals surface area contributed by atoms with Crippen LogP contribution in [-0.2, 0) is 15.3 Å². The van der Waals surface area contributed by atoms with E-state index in [1.807, 2.05) is 24.3 Å². The van der Waals surface area contributed by atoms with Crippen LogP contribution in [0.2, 0.25) is 5.02 Å². The van der Waals surface area contributed by atoms with Crippen molar-refractivity contribution in [2.45, 2.75) is 31.5 Å². The van der Waals surface area contributed by atoms with Crippen molar-refractivity contribution in [3.63, 3.8) is 0 Å². The van der Waals surface area contributed by atoms with E-state index >= 15 is 0 Å². The summed E-state index contributed by atoms with van der Waals surface area (Å²) < 4.78 is 0. The molecule has 1 aliphatic rings. The van der Waals surface area contributed by atoms with Crippen LogP contribution in [0.4, 0.5) is 0 Å². The highest BCUT2D eigenvalue weighted by Crippen LogP contribution is 2.24. The summed E-state index contributed by atoms with van der Waals surface area (Å²) in [7, 11) is 0. The van der Waals surface area contributed by atoms with E-state index in [1.165, 1.54) is 0 Å². The average molecular weight is 327 g/mol. The van der Waals surface area contributed by atoms with Crippen molar-refractivity contribution in [3.8, 4) is 0 Å². The van der Waals surface area contributed by atoms with Gasteiger partial charge in [0.15, 0.2) is 5.50 Å². The number of benzene rings is 1. The fourth-order valence-electron chi connectivity index (χ4n) is 2.11. The Morgan fingerprint density at radius 1 is 1.33 bits per heavy atom. The Morgan fingerprint density at radius 3 is 2.62 bits per heavy atom. The van der Waals surface area contributed by atoms with E-state index in [4.69, 9.17) is 11.6 Å². The zero-order valence-electron chi connectivity index (χ0n) is 12.1. The first-order valence-corrected chi connectivity index (χ1v) is 8.33. The molecule has 1 aliphatic heterocycles. The smallest absolute Gasteiger partial charge is 0.234 e. The molecule has 0 radical (unpaired) electrons. The first kappa shape index (κ1) is 16.2. The minimum atomic E-state index is -0.295. The predicted octanol–water partition coefficient (Wildman–Crippen LogP) is 2.86. The zero-order valence-corrected chi connectivity index (χ0v) is 13.7. The second-order valence-corrected chi connectivity index (χ2v) is 6.98. The lowest BCUT2D eigenvalue weighted by Gasteiger charge is -2.36. The summed E-state index contributed by atoms with van der Waals surface area (Å²) >= 11 is 7.41. The molecule has 2 rings (SSSR count). The van der Waals surface area contributed by atoms with Crippen molar-refractivity contribution in [2.24, 2.45) is 5.92 Å². The van der Waals surface area contributed by atoms with Gasteiger partial charge in [-0.05, 0) is 23.6 Å². The number of halogens is 1. The number of amides is 2. The van der Waals surface area contributed by atoms with E-state index in [0.717, 1.165) is 5.56 Å². The van der Waals surface area contributed by atoms with Gasteiger partial charge in [0.25, 0.3) is 0 Å². The van der Waals surface area contributed by atoms with Crippen LogP contribution in [0.1, 0.15) is 25.8 Å². The Morgan fingerprint density at radius 2 is 2.00 bits per heavy atom. The first-order valence-electron chi connectivity index (χ1n) is 6.90. The fourth-order valence-corrected chi connectivity index (χ4v) is 3.38. The van der Waals surface area contributed by atoms with Crippen molar-refractivity contribution in [1.82, 2.24) is 10.2 Å². The number of nitrogens with one attached hydrogen (secondary N) is 1. The van der Waals surface area contributed by atoms with E-state index in [9.17, 15) is 9.59 Å². The molecule has 114 valence electrons. The molecule has 0 spiro atoms. The summed E-state index contributed by atoms with van der Waals surface area (Å²) in [6.45, 7) is 4.77. The van der Waals surface area contributed by atoms with Gasteiger partial charge in [-0.25, -0.2) is 0 Å². The molecule has 1 aromatic rings. The third-order valence-corrected chi connectivity index (χ3v) is 4.52. The number of thioether (sulfide) groups is 1. The molecule has 0 bridgehead atoms. The minimum absolute atomic E-state index is 0.0509. The number of nitrogens with zero attached hydrogens (tertiary/aromatic N) is 1. The molecule has 1 fully saturated rings. The van der Waals surface area contributed by atoms with Gasteiger partial charge in [-0.2, -0.15) is 0 Å². The number of carbonyl (C=O) groups is 2. The highest BCUT2D eigenvalue weighted by atomic mass is 35.5. The highest BCUT2D eigenvalue weighted by Gasteiger charge is 2.32. The van der Waals surface area contributed by atoms with Gasteiger partial charge in [0.2, 0.25) is 11.8 Å². The summed E-state index contributed by atoms with van der Waals surface area (Å²) in [5.74, 6) is 0.779. The normalized spacial score (nSPS) is 19.0. The number of rotatable bonds is 5. The molecule has 21 heavy (non-hydrogen) atoms. The van der Waals surface area contributed by atoms with E-state index in [1.54, 1.807) is 16.7 Å². The third kappa shape index (κ3) is 4.64. The van der Waals surface area contributed by atoms with Gasteiger partial charge in [0.1, 0.15) is 6.42 Å². The molecule has 2 amide bonds. The Kier molecular flexibility index (Phi) is 5.53. The molecule has 1 saturated heterocycles. The molecule has 1 aromatic carbocycles. The lowest BCUT2D eigenvalue weighted by molar-refractivity contribution is -0.142. The maximum Gasteiger partial charge on any atom is 0.234 e. The third-order valence-electron chi connectivity index (χ3n) is 3.08. The lowest BCUT2D eigenvalue weighted by atomic mass is 10.2. The molecule has 6 heteroatoms. The molecule has 0 saturated carbocycles. The standard InChI is InChI=1S/C15H19ClN2O2S/c1-10(2)8-18-14(20)7-13(19)17-15(18)21-9-11-3-5-12(16)6-4-11/h3-6,10,15H,7-9H2,1-2H3,(H,17,19)/t15-/m1/s1. The number of hydrogen-bond acceptors (Lipinski definition) is 3. The maximum absolute atomic E-state index is 12.0. The molecule has 0 aliphatic carbocycles. The van der Waals surface area contributed by atoms with Gasteiger partial charge in [-0.15, -0.1) is 11.8 Å². The summed E-state index contributed by atoms with van der Waals surface area (Å²) in [5.41, 5.74) is 0.818. The van der Waals surface area contributed by atoms with Gasteiger partial charge in [0.05, 0.1) is 0 Å². The minimum Gasteiger partial charge on any atom is -0.327 e. The van der Waals surface area contributed by atoms with Crippen LogP contribution in [-0.4, -0.2) is 28.8 Å². The monoisotopic (exact) mass is 326 g/mol. The Hall–Kier alpha value is -1.20. The fraction of sp³-hybridized carbons (Fsp3) is 0.467. The van der Waals surface area contributed by atoms with Crippen molar-refractivity contribution < 1.29 is 9.59 Å². The summed E-state index contributed by atoms with van der Waals surface area (Å²) in [5, 5.41) is 3.59. The molecular formula is C15H19ClN2O2S. The highest BCUT2D eigenvalue weighted by molar-refractivity contribution is 7.99. The summed E-state index contributed by atoms with van der Waals surface area (Å²) in [6.07, 6.45) is -0.0509. The second-order valence-electron chi connectivity index (χ2n) is 5.47. The van der Waals surface area contributed by atoms with Crippen molar-refractivity contribution in [3.05, 3.63) is 34.9 Å². The Bertz CT molecular complexity index is 519. The number of hydrogen-bond donors (Lipinski definition) is 1. The molecule has 1 heterocycles. The quantitative estimate of drug-likeness (QED) is 0.846. The molecule has 1 atom stereocenters. The Labute approximate surface area is 134 Å². The van der Waals surface area contributed by atoms with Crippen LogP contribution in [0.3, 0.4) is 0 Å². The van der Waals surface area contributed by atoms with Crippen LogP contribution in [0.25, 0.3) is 0 Å². The first-order chi connectivity index (χ1) is 9.95. The second kappa shape index (κ2) is 7.18. The molecule has 1 N–H and O–H groups in total. The number of carbonyl (C=O) groups excluding carboxylic acids is 2. The lowest BCUT2D eigenvalue weighted by Crippen LogP contribution is -2.56. The van der Waals surface area contributed by atoms with Crippen molar-refractivity contribution in [2.75, 3.05) is 6.54 Å². The zero-order chi connectivity index (χ0) is 15.4. The molecule has 4 nitrogen and oxygen atoms in total. The van der Waals surface area contributed by atoms with Gasteiger partial charge >= 0.3 is 0 Å². The topological polar surface area (TPSA) is 49.4 Å². The SMILES string of the molecule is CC(C)CN1C(=O)CC(=O)N[C@H]1SCc1ccc(Cl)cc1. The molecule has 0 aromatic heterocycles. The summed E-state index contributed by atoms with van der Waals surface area (Å²) in [4.78, 5) is 25.4. The van der Waals surface area contributed by atoms with E-state index in [0.29, 0.717) is 23.2 Å². The van der Waals surface area contributed by atoms with Crippen LogP contribution >= 0.6 is 23.4 Å². The van der Waals surface area contributed by atoms with Gasteiger partial charge in [-0.3, -0.25) is 9.59 Å². The van der Waals surface area contributed by atoms with Crippen LogP contribution in [0.15, 0.2) is 24.3 Å². The maximum atomic E-state index is 12.0. The van der Waals surface area contributed by atoms with E-state index in [-0.39, 0.29) is 23.7 Å². The summed E-state index contributed by atoms with van der Waals surface area (Å²) in [6, 6.07) is 7.59. The van der Waals surface area contributed by atoms with E-state index in [2.05, 4.69) is 19.2 Å². The largest absolute Gasteiger partial charge is 0.327 e. The van der Waals surface area contributed by atoms with Gasteiger partial charge < -0.3 is 10.2 Å². The van der Waals surface area contributed by atoms with Gasteiger partial charge in [-0.1, -0.05) is 37.6 Å². The van der Waals surface area contributed by atoms with Crippen molar-refractivity contribution in [1.29, 1.82) is 0 Å². The average Bonchev–Trinajstić information content (AvgIpc) is 2.41. The molecule has 0 unspecified atom stereocenters. The van der Waals surface area contributed by atoms with Gasteiger partial charge in [0, 0.05) is 17.3 Å². The van der Waals surface area contributed by atoms with Crippen LogP contribution in [0, 0.1) is 5.92 Å². The van der Waals surface area contributed by atoms with Crippen LogP contribution in [0.5, 0.6) is 0 Å². The van der Waals surface area contributed by atoms with Crippen molar-refractivity contribution >= 4 is 35.2 Å². The van der Waals surface area contributed by atoms with E-state index < -0.39 is 0 Å².